The van der Waals surface area contributed by atoms with E-state index in [1.807, 2.05) is 0 Å². The maximum absolute atomic E-state index is 6.64. The molecule has 2 nitrogen and oxygen atoms in total. The SMILES string of the molecule is Cc1cc2ccccc2c2oc3c(-c4cc(CC(C)(C)C)c(CC(C)(C)C)cn4)cccc3c12. The van der Waals surface area contributed by atoms with Crippen LogP contribution in [0.1, 0.15) is 58.2 Å². The molecule has 0 saturated carbocycles. The predicted molar refractivity (Wildman–Crippen MR) is 146 cm³/mol. The average Bonchev–Trinajstić information content (AvgIpc) is 3.14. The molecule has 5 rings (SSSR count). The lowest BCUT2D eigenvalue weighted by Gasteiger charge is -2.24. The number of benzene rings is 3. The maximum Gasteiger partial charge on any atom is 0.144 e. The summed E-state index contributed by atoms with van der Waals surface area (Å²) in [5, 5.41) is 4.74. The number of furan rings is 1. The molecular weight excluding hydrogens is 414 g/mol. The Bertz CT molecular complexity index is 1520. The van der Waals surface area contributed by atoms with Gasteiger partial charge >= 0.3 is 0 Å². The Morgan fingerprint density at radius 3 is 2.15 bits per heavy atom. The van der Waals surface area contributed by atoms with Crippen molar-refractivity contribution in [3.05, 3.63) is 77.5 Å². The summed E-state index contributed by atoms with van der Waals surface area (Å²) in [4.78, 5) is 4.97. The second kappa shape index (κ2) is 7.98. The van der Waals surface area contributed by atoms with Crippen molar-refractivity contribution in [1.29, 1.82) is 0 Å². The molecule has 0 saturated heterocycles. The molecule has 3 aromatic carbocycles. The molecule has 174 valence electrons. The van der Waals surface area contributed by atoms with E-state index in [0.717, 1.165) is 46.0 Å². The third kappa shape index (κ3) is 4.22. The molecule has 0 aliphatic carbocycles. The van der Waals surface area contributed by atoms with Crippen LogP contribution in [0, 0.1) is 17.8 Å². The van der Waals surface area contributed by atoms with E-state index in [-0.39, 0.29) is 10.8 Å². The summed E-state index contributed by atoms with van der Waals surface area (Å²) in [6, 6.07) is 19.5. The van der Waals surface area contributed by atoms with Gasteiger partial charge in [0.05, 0.1) is 5.69 Å². The number of hydrogen-bond acceptors (Lipinski definition) is 2. The lowest BCUT2D eigenvalue weighted by Crippen LogP contribution is -2.15. The van der Waals surface area contributed by atoms with Crippen molar-refractivity contribution < 1.29 is 4.42 Å². The number of aromatic nitrogens is 1. The minimum absolute atomic E-state index is 0.201. The Labute approximate surface area is 203 Å². The number of para-hydroxylation sites is 1. The minimum atomic E-state index is 0.201. The normalized spacial score (nSPS) is 12.8. The first-order valence-electron chi connectivity index (χ1n) is 12.3. The first kappa shape index (κ1) is 22.7. The molecule has 2 heteroatoms. The first-order valence-corrected chi connectivity index (χ1v) is 12.3. The van der Waals surface area contributed by atoms with Crippen LogP contribution in [0.4, 0.5) is 0 Å². The Balaban J connectivity index is 1.74. The lowest BCUT2D eigenvalue weighted by molar-refractivity contribution is 0.392. The lowest BCUT2D eigenvalue weighted by atomic mass is 9.81. The van der Waals surface area contributed by atoms with Crippen LogP contribution in [0.25, 0.3) is 44.0 Å². The van der Waals surface area contributed by atoms with Crippen LogP contribution in [-0.4, -0.2) is 4.98 Å². The zero-order chi connectivity index (χ0) is 24.3. The summed E-state index contributed by atoms with van der Waals surface area (Å²) >= 11 is 0. The summed E-state index contributed by atoms with van der Waals surface area (Å²) in [5.74, 6) is 0. The first-order chi connectivity index (χ1) is 16.0. The zero-order valence-corrected chi connectivity index (χ0v) is 21.5. The van der Waals surface area contributed by atoms with Crippen LogP contribution in [0.15, 0.2) is 65.2 Å². The van der Waals surface area contributed by atoms with E-state index >= 15 is 0 Å². The smallest absolute Gasteiger partial charge is 0.144 e. The number of hydrogen-bond donors (Lipinski definition) is 0. The number of fused-ring (bicyclic) bond motifs is 5. The molecule has 0 spiro atoms. The number of aryl methyl sites for hydroxylation is 1. The highest BCUT2D eigenvalue weighted by Crippen LogP contribution is 2.40. The summed E-state index contributed by atoms with van der Waals surface area (Å²) in [7, 11) is 0. The molecule has 0 unspecified atom stereocenters. The van der Waals surface area contributed by atoms with Crippen LogP contribution in [0.2, 0.25) is 0 Å². The highest BCUT2D eigenvalue weighted by atomic mass is 16.3. The maximum atomic E-state index is 6.64. The van der Waals surface area contributed by atoms with Gasteiger partial charge in [-0.15, -0.1) is 0 Å². The quantitative estimate of drug-likeness (QED) is 0.274. The standard InChI is InChI=1S/C32H35NO/c1-20-15-21-11-8-9-12-24(21)30-28(20)26-14-10-13-25(29(26)34-30)27-16-22(17-31(2,3)4)23(19-33-27)18-32(5,6)7/h8-16,19H,17-18H2,1-7H3. The van der Waals surface area contributed by atoms with Gasteiger partial charge in [0.15, 0.2) is 0 Å². The molecule has 34 heavy (non-hydrogen) atoms. The fourth-order valence-electron chi connectivity index (χ4n) is 5.18. The predicted octanol–water partition coefficient (Wildman–Crippen LogP) is 9.29. The summed E-state index contributed by atoms with van der Waals surface area (Å²) in [6.45, 7) is 16.0. The molecule has 0 aliphatic rings. The summed E-state index contributed by atoms with van der Waals surface area (Å²) < 4.78 is 6.64. The molecule has 0 fully saturated rings. The van der Waals surface area contributed by atoms with Gasteiger partial charge in [0.1, 0.15) is 11.2 Å². The van der Waals surface area contributed by atoms with Crippen molar-refractivity contribution >= 4 is 32.7 Å². The molecule has 0 bridgehead atoms. The van der Waals surface area contributed by atoms with Crippen molar-refractivity contribution in [3.63, 3.8) is 0 Å². The second-order valence-corrected chi connectivity index (χ2v) is 12.2. The topological polar surface area (TPSA) is 26.0 Å². The number of rotatable bonds is 3. The van der Waals surface area contributed by atoms with Crippen molar-refractivity contribution in [1.82, 2.24) is 4.98 Å². The van der Waals surface area contributed by atoms with Gasteiger partial charge in [-0.05, 0) is 64.8 Å². The van der Waals surface area contributed by atoms with E-state index in [1.165, 1.54) is 27.5 Å². The Hall–Kier alpha value is -3.13. The van der Waals surface area contributed by atoms with E-state index in [2.05, 4.69) is 109 Å². The van der Waals surface area contributed by atoms with Crippen LogP contribution in [-0.2, 0) is 12.8 Å². The van der Waals surface area contributed by atoms with E-state index in [9.17, 15) is 0 Å². The fraction of sp³-hybridized carbons (Fsp3) is 0.344. The molecule has 2 heterocycles. The van der Waals surface area contributed by atoms with Crippen LogP contribution < -0.4 is 0 Å². The van der Waals surface area contributed by atoms with Gasteiger partial charge in [0, 0.05) is 27.9 Å². The fourth-order valence-corrected chi connectivity index (χ4v) is 5.18. The van der Waals surface area contributed by atoms with Crippen LogP contribution in [0.5, 0.6) is 0 Å². The van der Waals surface area contributed by atoms with Gasteiger partial charge in [-0.2, -0.15) is 0 Å². The van der Waals surface area contributed by atoms with E-state index in [0.29, 0.717) is 0 Å². The second-order valence-electron chi connectivity index (χ2n) is 12.2. The van der Waals surface area contributed by atoms with Crippen molar-refractivity contribution in [2.75, 3.05) is 0 Å². The van der Waals surface area contributed by atoms with Crippen molar-refractivity contribution in [3.8, 4) is 11.3 Å². The third-order valence-electron chi connectivity index (χ3n) is 6.49. The molecule has 2 aromatic heterocycles. The molecule has 0 N–H and O–H groups in total. The van der Waals surface area contributed by atoms with Gasteiger partial charge in [0.2, 0.25) is 0 Å². The Kier molecular flexibility index (Phi) is 5.31. The number of pyridine rings is 1. The largest absolute Gasteiger partial charge is 0.455 e. The van der Waals surface area contributed by atoms with E-state index in [4.69, 9.17) is 9.40 Å². The highest BCUT2D eigenvalue weighted by molar-refractivity contribution is 6.18. The average molecular weight is 450 g/mol. The molecule has 0 radical (unpaired) electrons. The van der Waals surface area contributed by atoms with Gasteiger partial charge in [-0.25, -0.2) is 0 Å². The Morgan fingerprint density at radius 2 is 1.41 bits per heavy atom. The van der Waals surface area contributed by atoms with Crippen molar-refractivity contribution in [2.24, 2.45) is 10.8 Å². The molecule has 5 aromatic rings. The zero-order valence-electron chi connectivity index (χ0n) is 21.5. The van der Waals surface area contributed by atoms with Gasteiger partial charge < -0.3 is 4.42 Å². The van der Waals surface area contributed by atoms with Gasteiger partial charge in [-0.1, -0.05) is 84.0 Å². The molecular formula is C32H35NO. The van der Waals surface area contributed by atoms with E-state index < -0.39 is 0 Å². The molecule has 0 aliphatic heterocycles. The highest BCUT2D eigenvalue weighted by Gasteiger charge is 2.21. The van der Waals surface area contributed by atoms with Crippen molar-refractivity contribution in [2.45, 2.75) is 61.3 Å². The number of nitrogens with zero attached hydrogens (tertiary/aromatic N) is 1. The van der Waals surface area contributed by atoms with Crippen LogP contribution >= 0.6 is 0 Å². The molecule has 0 atom stereocenters. The minimum Gasteiger partial charge on any atom is -0.455 e. The van der Waals surface area contributed by atoms with Crippen LogP contribution in [0.3, 0.4) is 0 Å². The third-order valence-corrected chi connectivity index (χ3v) is 6.49. The van der Waals surface area contributed by atoms with Gasteiger partial charge in [-0.3, -0.25) is 4.98 Å². The Morgan fingerprint density at radius 1 is 0.735 bits per heavy atom. The molecule has 0 amide bonds. The monoisotopic (exact) mass is 449 g/mol. The summed E-state index contributed by atoms with van der Waals surface area (Å²) in [5.41, 5.74) is 8.35. The van der Waals surface area contributed by atoms with Gasteiger partial charge in [0.25, 0.3) is 0 Å². The van der Waals surface area contributed by atoms with E-state index in [1.54, 1.807) is 0 Å². The summed E-state index contributed by atoms with van der Waals surface area (Å²) in [6.07, 6.45) is 4.14.